The number of imidazole rings is 1. The zero-order chi connectivity index (χ0) is 10.5. The SMILES string of the molecule is O=C(Cn1cccn1)NCc1ncc[nH]1. The van der Waals surface area contributed by atoms with Crippen LogP contribution in [0.1, 0.15) is 5.82 Å². The van der Waals surface area contributed by atoms with Gasteiger partial charge in [-0.2, -0.15) is 5.10 Å². The summed E-state index contributed by atoms with van der Waals surface area (Å²) in [6.07, 6.45) is 6.75. The van der Waals surface area contributed by atoms with Crippen LogP contribution in [-0.2, 0) is 17.9 Å². The number of nitrogens with one attached hydrogen (secondary N) is 2. The van der Waals surface area contributed by atoms with Gasteiger partial charge in [-0.3, -0.25) is 9.48 Å². The van der Waals surface area contributed by atoms with Gasteiger partial charge in [0.2, 0.25) is 5.91 Å². The van der Waals surface area contributed by atoms with Gasteiger partial charge in [-0.15, -0.1) is 0 Å². The highest BCUT2D eigenvalue weighted by Gasteiger charge is 2.02. The normalized spacial score (nSPS) is 10.1. The summed E-state index contributed by atoms with van der Waals surface area (Å²) in [4.78, 5) is 18.3. The molecule has 0 unspecified atom stereocenters. The Bertz CT molecular complexity index is 406. The van der Waals surface area contributed by atoms with Crippen LogP contribution in [-0.4, -0.2) is 25.7 Å². The third kappa shape index (κ3) is 2.67. The Labute approximate surface area is 86.3 Å². The predicted octanol–water partition coefficient (Wildman–Crippen LogP) is -0.0774. The van der Waals surface area contributed by atoms with Gasteiger partial charge in [0, 0.05) is 24.8 Å². The van der Waals surface area contributed by atoms with E-state index >= 15 is 0 Å². The monoisotopic (exact) mass is 205 g/mol. The number of carbonyl (C=O) groups is 1. The first-order valence-electron chi connectivity index (χ1n) is 4.57. The Morgan fingerprint density at radius 2 is 2.47 bits per heavy atom. The van der Waals surface area contributed by atoms with E-state index in [4.69, 9.17) is 0 Å². The van der Waals surface area contributed by atoms with Crippen LogP contribution in [0.25, 0.3) is 0 Å². The molecule has 0 fully saturated rings. The lowest BCUT2D eigenvalue weighted by atomic mass is 10.5. The first kappa shape index (κ1) is 9.45. The maximum atomic E-state index is 11.4. The van der Waals surface area contributed by atoms with Crippen molar-refractivity contribution in [3.05, 3.63) is 36.7 Å². The summed E-state index contributed by atoms with van der Waals surface area (Å²) in [5.74, 6) is 0.652. The van der Waals surface area contributed by atoms with Gasteiger partial charge in [-0.1, -0.05) is 0 Å². The fraction of sp³-hybridized carbons (Fsp3) is 0.222. The molecule has 0 aliphatic carbocycles. The van der Waals surface area contributed by atoms with E-state index in [2.05, 4.69) is 20.4 Å². The first-order chi connectivity index (χ1) is 7.34. The predicted molar refractivity (Wildman–Crippen MR) is 52.7 cm³/mol. The Morgan fingerprint density at radius 3 is 3.13 bits per heavy atom. The number of hydrogen-bond acceptors (Lipinski definition) is 3. The van der Waals surface area contributed by atoms with Gasteiger partial charge in [-0.05, 0) is 6.07 Å². The van der Waals surface area contributed by atoms with Crippen molar-refractivity contribution in [1.82, 2.24) is 25.1 Å². The summed E-state index contributed by atoms with van der Waals surface area (Å²) in [7, 11) is 0. The number of rotatable bonds is 4. The highest BCUT2D eigenvalue weighted by atomic mass is 16.2. The number of nitrogens with zero attached hydrogens (tertiary/aromatic N) is 3. The van der Waals surface area contributed by atoms with Gasteiger partial charge in [0.15, 0.2) is 0 Å². The molecule has 0 saturated carbocycles. The van der Waals surface area contributed by atoms with E-state index in [1.165, 1.54) is 0 Å². The van der Waals surface area contributed by atoms with E-state index in [1.807, 2.05) is 0 Å². The summed E-state index contributed by atoms with van der Waals surface area (Å²) >= 11 is 0. The number of amides is 1. The highest BCUT2D eigenvalue weighted by molar-refractivity contribution is 5.75. The minimum absolute atomic E-state index is 0.0879. The molecule has 2 aromatic rings. The van der Waals surface area contributed by atoms with Crippen molar-refractivity contribution >= 4 is 5.91 Å². The Kier molecular flexibility index (Phi) is 2.77. The van der Waals surface area contributed by atoms with Crippen molar-refractivity contribution in [2.75, 3.05) is 0 Å². The molecule has 0 aliphatic heterocycles. The Morgan fingerprint density at radius 1 is 1.53 bits per heavy atom. The number of aromatic amines is 1. The van der Waals surface area contributed by atoms with Gasteiger partial charge < -0.3 is 10.3 Å². The smallest absolute Gasteiger partial charge is 0.242 e. The van der Waals surface area contributed by atoms with Gasteiger partial charge in [0.1, 0.15) is 12.4 Å². The van der Waals surface area contributed by atoms with Crippen molar-refractivity contribution in [1.29, 1.82) is 0 Å². The van der Waals surface area contributed by atoms with Crippen LogP contribution < -0.4 is 5.32 Å². The number of hydrogen-bond donors (Lipinski definition) is 2. The molecule has 0 spiro atoms. The van der Waals surface area contributed by atoms with Gasteiger partial charge in [-0.25, -0.2) is 4.98 Å². The fourth-order valence-corrected chi connectivity index (χ4v) is 1.17. The van der Waals surface area contributed by atoms with Crippen molar-refractivity contribution in [2.45, 2.75) is 13.1 Å². The molecule has 2 aromatic heterocycles. The molecule has 0 aliphatic rings. The fourth-order valence-electron chi connectivity index (χ4n) is 1.17. The minimum atomic E-state index is -0.0879. The lowest BCUT2D eigenvalue weighted by Gasteiger charge is -2.02. The molecule has 0 aromatic carbocycles. The molecule has 2 rings (SSSR count). The zero-order valence-corrected chi connectivity index (χ0v) is 8.05. The summed E-state index contributed by atoms with van der Waals surface area (Å²) in [5.41, 5.74) is 0. The van der Waals surface area contributed by atoms with E-state index in [9.17, 15) is 4.79 Å². The lowest BCUT2D eigenvalue weighted by Crippen LogP contribution is -2.27. The average molecular weight is 205 g/mol. The summed E-state index contributed by atoms with van der Waals surface area (Å²) < 4.78 is 1.57. The van der Waals surface area contributed by atoms with Crippen LogP contribution in [0.15, 0.2) is 30.9 Å². The molecule has 0 saturated heterocycles. The third-order valence-electron chi connectivity index (χ3n) is 1.87. The molecule has 0 bridgehead atoms. The molecule has 6 nitrogen and oxygen atoms in total. The Balaban J connectivity index is 1.78. The Hall–Kier alpha value is -2.11. The van der Waals surface area contributed by atoms with Crippen LogP contribution in [0.2, 0.25) is 0 Å². The number of carbonyl (C=O) groups excluding carboxylic acids is 1. The summed E-state index contributed by atoms with van der Waals surface area (Å²) in [5, 5.41) is 6.66. The van der Waals surface area contributed by atoms with Crippen LogP contribution in [0.4, 0.5) is 0 Å². The molecule has 1 amide bonds. The topological polar surface area (TPSA) is 75.6 Å². The van der Waals surface area contributed by atoms with Crippen LogP contribution in [0.3, 0.4) is 0 Å². The maximum Gasteiger partial charge on any atom is 0.242 e. The molecular formula is C9H11N5O. The van der Waals surface area contributed by atoms with E-state index in [0.717, 1.165) is 5.82 Å². The largest absolute Gasteiger partial charge is 0.347 e. The van der Waals surface area contributed by atoms with Crippen LogP contribution in [0, 0.1) is 0 Å². The second kappa shape index (κ2) is 4.41. The molecular weight excluding hydrogens is 194 g/mol. The van der Waals surface area contributed by atoms with Gasteiger partial charge in [0.05, 0.1) is 6.54 Å². The van der Waals surface area contributed by atoms with Crippen LogP contribution >= 0.6 is 0 Å². The molecule has 78 valence electrons. The molecule has 0 radical (unpaired) electrons. The molecule has 2 heterocycles. The minimum Gasteiger partial charge on any atom is -0.347 e. The van der Waals surface area contributed by atoms with Gasteiger partial charge >= 0.3 is 0 Å². The standard InChI is InChI=1S/C9H11N5O/c15-9(7-14-5-1-2-13-14)12-6-8-10-3-4-11-8/h1-5H,6-7H2,(H,10,11)(H,12,15). The third-order valence-corrected chi connectivity index (χ3v) is 1.87. The van der Waals surface area contributed by atoms with Crippen molar-refractivity contribution in [3.8, 4) is 0 Å². The molecule has 2 N–H and O–H groups in total. The quantitative estimate of drug-likeness (QED) is 0.733. The number of aromatic nitrogens is 4. The van der Waals surface area contributed by atoms with E-state index in [1.54, 1.807) is 35.5 Å². The van der Waals surface area contributed by atoms with E-state index < -0.39 is 0 Å². The molecule has 6 heteroatoms. The van der Waals surface area contributed by atoms with Crippen molar-refractivity contribution in [3.63, 3.8) is 0 Å². The number of H-pyrrole nitrogens is 1. The second-order valence-electron chi connectivity index (χ2n) is 3.02. The maximum absolute atomic E-state index is 11.4. The van der Waals surface area contributed by atoms with Crippen molar-refractivity contribution < 1.29 is 4.79 Å². The van der Waals surface area contributed by atoms with E-state index in [0.29, 0.717) is 6.54 Å². The molecule has 15 heavy (non-hydrogen) atoms. The lowest BCUT2D eigenvalue weighted by molar-refractivity contribution is -0.122. The second-order valence-corrected chi connectivity index (χ2v) is 3.02. The first-order valence-corrected chi connectivity index (χ1v) is 4.57. The highest BCUT2D eigenvalue weighted by Crippen LogP contribution is 1.88. The average Bonchev–Trinajstić information content (AvgIpc) is 2.86. The summed E-state index contributed by atoms with van der Waals surface area (Å²) in [6.45, 7) is 0.640. The zero-order valence-electron chi connectivity index (χ0n) is 8.05. The van der Waals surface area contributed by atoms with Crippen LogP contribution in [0.5, 0.6) is 0 Å². The van der Waals surface area contributed by atoms with E-state index in [-0.39, 0.29) is 12.5 Å². The summed E-state index contributed by atoms with van der Waals surface area (Å²) in [6, 6.07) is 1.78. The van der Waals surface area contributed by atoms with Crippen molar-refractivity contribution in [2.24, 2.45) is 0 Å². The van der Waals surface area contributed by atoms with Gasteiger partial charge in [0.25, 0.3) is 0 Å². The molecule has 0 atom stereocenters.